The minimum atomic E-state index is -4.56. The van der Waals surface area contributed by atoms with Gasteiger partial charge < -0.3 is 21.1 Å². The highest BCUT2D eigenvalue weighted by Crippen LogP contribution is 2.34. The monoisotopic (exact) mass is 558 g/mol. The molecule has 0 bridgehead atoms. The molecule has 0 saturated heterocycles. The normalized spacial score (nSPS) is 11.6. The minimum absolute atomic E-state index is 0.0266. The first kappa shape index (κ1) is 27.3. The van der Waals surface area contributed by atoms with Gasteiger partial charge in [0.1, 0.15) is 11.6 Å². The van der Waals surface area contributed by atoms with Gasteiger partial charge in [0.25, 0.3) is 0 Å². The summed E-state index contributed by atoms with van der Waals surface area (Å²) in [5.74, 6) is 0.241. The van der Waals surface area contributed by atoms with Crippen molar-refractivity contribution in [3.05, 3.63) is 78.2 Å². The summed E-state index contributed by atoms with van der Waals surface area (Å²) < 4.78 is 68.6. The van der Waals surface area contributed by atoms with Crippen LogP contribution in [0.5, 0.6) is 11.8 Å². The molecule has 2 heterocycles. The summed E-state index contributed by atoms with van der Waals surface area (Å²) in [4.78, 5) is 24.0. The molecule has 0 radical (unpaired) electrons. The number of amides is 2. The molecule has 2 aromatic heterocycles. The Hall–Kier alpha value is -4.72. The van der Waals surface area contributed by atoms with Gasteiger partial charge in [-0.05, 0) is 48.4 Å². The Bertz CT molecular complexity index is 1630. The number of hydrogen-bond acceptors (Lipinski definition) is 8. The topological polar surface area (TPSA) is 149 Å². The number of nitrogens with two attached hydrogens (primary N) is 1. The van der Waals surface area contributed by atoms with Crippen molar-refractivity contribution in [2.75, 3.05) is 22.6 Å². The first-order chi connectivity index (χ1) is 18.3. The van der Waals surface area contributed by atoms with E-state index < -0.39 is 27.6 Å². The van der Waals surface area contributed by atoms with Gasteiger partial charge in [0.2, 0.25) is 0 Å². The summed E-state index contributed by atoms with van der Waals surface area (Å²) in [6, 6.07) is 10.7. The highest BCUT2D eigenvalue weighted by Gasteiger charge is 2.31. The van der Waals surface area contributed by atoms with Crippen LogP contribution in [0.3, 0.4) is 0 Å². The van der Waals surface area contributed by atoms with Crippen molar-refractivity contribution in [2.45, 2.75) is 18.0 Å². The molecule has 4 aromatic rings. The van der Waals surface area contributed by atoms with Crippen molar-refractivity contribution in [3.63, 3.8) is 0 Å². The predicted octanol–water partition coefficient (Wildman–Crippen LogP) is 5.29. The number of sulfone groups is 1. The van der Waals surface area contributed by atoms with Crippen LogP contribution in [-0.4, -0.2) is 35.7 Å². The largest absolute Gasteiger partial charge is 0.424 e. The van der Waals surface area contributed by atoms with Gasteiger partial charge >= 0.3 is 18.2 Å². The third-order valence-electron chi connectivity index (χ3n) is 5.29. The van der Waals surface area contributed by atoms with Crippen LogP contribution in [-0.2, 0) is 16.0 Å². The number of halogens is 3. The quantitative estimate of drug-likeness (QED) is 0.289. The molecule has 10 nitrogen and oxygen atoms in total. The van der Waals surface area contributed by atoms with Crippen molar-refractivity contribution >= 4 is 33.1 Å². The number of aryl methyl sites for hydroxylation is 1. The average molecular weight is 559 g/mol. The number of benzene rings is 2. The summed E-state index contributed by atoms with van der Waals surface area (Å²) >= 11 is 0. The summed E-state index contributed by atoms with van der Waals surface area (Å²) in [5.41, 5.74) is 6.45. The van der Waals surface area contributed by atoms with Crippen molar-refractivity contribution < 1.29 is 31.1 Å². The Morgan fingerprint density at radius 3 is 2.23 bits per heavy atom. The number of nitrogens with zero attached hydrogens (tertiary/aromatic N) is 3. The lowest BCUT2D eigenvalue weighted by Gasteiger charge is -2.12. The number of nitrogen functional groups attached to an aromatic ring is 1. The van der Waals surface area contributed by atoms with Crippen LogP contribution in [0.4, 0.5) is 35.2 Å². The Balaban J connectivity index is 1.41. The molecule has 0 unspecified atom stereocenters. The van der Waals surface area contributed by atoms with Gasteiger partial charge in [-0.1, -0.05) is 18.2 Å². The lowest BCUT2D eigenvalue weighted by Crippen LogP contribution is -2.21. The molecule has 39 heavy (non-hydrogen) atoms. The lowest BCUT2D eigenvalue weighted by atomic mass is 10.0. The maximum Gasteiger partial charge on any atom is 0.417 e. The molecule has 202 valence electrons. The molecule has 2 amide bonds. The van der Waals surface area contributed by atoms with E-state index in [1.807, 2.05) is 0 Å². The zero-order valence-electron chi connectivity index (χ0n) is 20.4. The molecule has 0 saturated carbocycles. The molecule has 14 heteroatoms. The number of ether oxygens (including phenoxy) is 1. The summed E-state index contributed by atoms with van der Waals surface area (Å²) in [5, 5.41) is 5.01. The van der Waals surface area contributed by atoms with Crippen LogP contribution in [0.25, 0.3) is 11.1 Å². The zero-order valence-corrected chi connectivity index (χ0v) is 21.3. The average Bonchev–Trinajstić information content (AvgIpc) is 2.84. The number of hydrogen-bond donors (Lipinski definition) is 3. The van der Waals surface area contributed by atoms with Gasteiger partial charge in [-0.3, -0.25) is 0 Å². The molecule has 2 aromatic carbocycles. The highest BCUT2D eigenvalue weighted by atomic mass is 32.2. The second-order valence-corrected chi connectivity index (χ2v) is 10.4. The van der Waals surface area contributed by atoms with Crippen LogP contribution < -0.4 is 21.1 Å². The van der Waals surface area contributed by atoms with E-state index in [0.29, 0.717) is 17.5 Å². The van der Waals surface area contributed by atoms with Crippen LogP contribution in [0.1, 0.15) is 11.1 Å². The van der Waals surface area contributed by atoms with Gasteiger partial charge in [-0.15, -0.1) is 0 Å². The number of nitrogens with one attached hydrogen (secondary N) is 2. The Morgan fingerprint density at radius 1 is 0.949 bits per heavy atom. The van der Waals surface area contributed by atoms with E-state index in [1.165, 1.54) is 48.8 Å². The first-order valence-corrected chi connectivity index (χ1v) is 13.0. The van der Waals surface area contributed by atoms with Crippen LogP contribution in [0, 0.1) is 6.92 Å². The second-order valence-electron chi connectivity index (χ2n) is 8.39. The standard InChI is InChI=1S/C25H21F3N6O4S/c1-14-3-8-21(39(2,36)37)20(9-14)34-23(35)33-17-12-31-24(32-13-17)38-18-6-4-15(5-7-18)19-10-16(25(26,27)28)11-30-22(19)29/h3-13H,1-2H3,(H2,29,30)(H2,33,34,35). The van der Waals surface area contributed by atoms with E-state index in [0.717, 1.165) is 17.9 Å². The number of carbonyl (C=O) groups is 1. The summed E-state index contributed by atoms with van der Waals surface area (Å²) in [6.45, 7) is 1.76. The third-order valence-corrected chi connectivity index (χ3v) is 6.44. The predicted molar refractivity (Wildman–Crippen MR) is 138 cm³/mol. The van der Waals surface area contributed by atoms with Crippen molar-refractivity contribution in [3.8, 4) is 22.9 Å². The molecule has 0 fully saturated rings. The van der Waals surface area contributed by atoms with Gasteiger partial charge in [-0.2, -0.15) is 13.2 Å². The second kappa shape index (κ2) is 10.6. The SMILES string of the molecule is Cc1ccc(S(C)(=O)=O)c(NC(=O)Nc2cnc(Oc3ccc(-c4cc(C(F)(F)F)cnc4N)cc3)nc2)c1. The van der Waals surface area contributed by atoms with Crippen LogP contribution in [0.2, 0.25) is 0 Å². The smallest absolute Gasteiger partial charge is 0.417 e. The molecule has 0 spiro atoms. The van der Waals surface area contributed by atoms with E-state index >= 15 is 0 Å². The Morgan fingerprint density at radius 2 is 1.62 bits per heavy atom. The van der Waals surface area contributed by atoms with Gasteiger partial charge in [0.05, 0.1) is 34.2 Å². The van der Waals surface area contributed by atoms with Crippen molar-refractivity contribution in [2.24, 2.45) is 0 Å². The fourth-order valence-corrected chi connectivity index (χ4v) is 4.28. The van der Waals surface area contributed by atoms with E-state index in [4.69, 9.17) is 10.5 Å². The number of rotatable bonds is 6. The molecular formula is C25H21F3N6O4S. The number of aromatic nitrogens is 3. The maximum atomic E-state index is 13.0. The van der Waals surface area contributed by atoms with Crippen molar-refractivity contribution in [1.82, 2.24) is 15.0 Å². The zero-order chi connectivity index (χ0) is 28.4. The molecular weight excluding hydrogens is 537 g/mol. The van der Waals surface area contributed by atoms with E-state index in [-0.39, 0.29) is 33.7 Å². The number of pyridine rings is 1. The Kier molecular flexibility index (Phi) is 7.40. The van der Waals surface area contributed by atoms with E-state index in [1.54, 1.807) is 13.0 Å². The number of alkyl halides is 3. The highest BCUT2D eigenvalue weighted by molar-refractivity contribution is 7.90. The number of anilines is 3. The number of carbonyl (C=O) groups excluding carboxylic acids is 1. The summed E-state index contributed by atoms with van der Waals surface area (Å²) in [7, 11) is -3.57. The van der Waals surface area contributed by atoms with Crippen molar-refractivity contribution in [1.29, 1.82) is 0 Å². The summed E-state index contributed by atoms with van der Waals surface area (Å²) in [6.07, 6.45) is -0.292. The lowest BCUT2D eigenvalue weighted by molar-refractivity contribution is -0.137. The van der Waals surface area contributed by atoms with Gasteiger partial charge in [0.15, 0.2) is 9.84 Å². The number of urea groups is 1. The fraction of sp³-hybridized carbons (Fsp3) is 0.120. The molecule has 4 N–H and O–H groups in total. The van der Waals surface area contributed by atoms with E-state index in [2.05, 4.69) is 25.6 Å². The molecule has 4 rings (SSSR count). The first-order valence-electron chi connectivity index (χ1n) is 11.1. The minimum Gasteiger partial charge on any atom is -0.424 e. The fourth-order valence-electron chi connectivity index (χ4n) is 3.45. The maximum absolute atomic E-state index is 13.0. The molecule has 0 aliphatic carbocycles. The molecule has 0 aliphatic rings. The van der Waals surface area contributed by atoms with Gasteiger partial charge in [-0.25, -0.2) is 28.2 Å². The molecule has 0 atom stereocenters. The Labute approximate surface area is 221 Å². The third kappa shape index (κ3) is 6.78. The van der Waals surface area contributed by atoms with E-state index in [9.17, 15) is 26.4 Å². The van der Waals surface area contributed by atoms with Crippen LogP contribution >= 0.6 is 0 Å². The van der Waals surface area contributed by atoms with Gasteiger partial charge in [0, 0.05) is 18.0 Å². The van der Waals surface area contributed by atoms with Crippen LogP contribution in [0.15, 0.2) is 72.0 Å². The molecule has 0 aliphatic heterocycles.